The van der Waals surface area contributed by atoms with Crippen LogP contribution in [0, 0.1) is 16.7 Å². The molecule has 216 valence electrons. The van der Waals surface area contributed by atoms with E-state index in [4.69, 9.17) is 33.7 Å². The Hall–Kier alpha value is -3.56. The van der Waals surface area contributed by atoms with Gasteiger partial charge in [-0.25, -0.2) is 0 Å². The molecule has 42 heavy (non-hydrogen) atoms. The van der Waals surface area contributed by atoms with Crippen molar-refractivity contribution in [2.75, 3.05) is 23.1 Å². The fourth-order valence-electron chi connectivity index (χ4n) is 5.19. The number of ketones is 1. The zero-order valence-corrected chi connectivity index (χ0v) is 26.0. The van der Waals surface area contributed by atoms with E-state index >= 15 is 0 Å². The zero-order valence-electron chi connectivity index (χ0n) is 22.9. The molecule has 1 aromatic heterocycles. The molecule has 13 heteroatoms. The molecule has 1 aliphatic carbocycles. The lowest BCUT2D eigenvalue weighted by Crippen LogP contribution is -2.42. The summed E-state index contributed by atoms with van der Waals surface area (Å²) < 4.78 is 5.82. The van der Waals surface area contributed by atoms with Gasteiger partial charge in [-0.3, -0.25) is 14.5 Å². The molecule has 0 fully saturated rings. The molecule has 0 saturated carbocycles. The minimum atomic E-state index is -0.767. The minimum Gasteiger partial charge on any atom is -0.495 e. The molecule has 0 saturated heterocycles. The van der Waals surface area contributed by atoms with E-state index in [0.29, 0.717) is 55.6 Å². The molecule has 3 aromatic rings. The number of rotatable bonds is 7. The maximum absolute atomic E-state index is 13.7. The van der Waals surface area contributed by atoms with E-state index in [0.717, 1.165) is 0 Å². The molecular formula is C29H26Cl2N6O3S2. The first-order chi connectivity index (χ1) is 20.0. The normalized spacial score (nSPS) is 18.0. The second kappa shape index (κ2) is 12.0. The molecule has 1 atom stereocenters. The average molecular weight is 642 g/mol. The maximum atomic E-state index is 13.7. The maximum Gasteiger partial charge on any atom is 0.234 e. The fraction of sp³-hybridized carbons (Fsp3) is 0.276. The van der Waals surface area contributed by atoms with E-state index in [-0.39, 0.29) is 39.3 Å². The highest BCUT2D eigenvalue weighted by atomic mass is 35.5. The van der Waals surface area contributed by atoms with E-state index in [1.165, 1.54) is 30.2 Å². The molecule has 2 aromatic carbocycles. The number of nitrogens with two attached hydrogens (primary N) is 1. The standard InChI is InChI=1S/C29H26Cl2N6O3S2/c1-29(2)11-19-24(20(38)12-29)23(15-7-6-8-17(30)25(15)31)16(13-32)26(33)37(19)27-35-36-28(42-27)41-14-22(39)34-18-9-4-5-10-21(18)40-3/h4-10,23H,11-12,14,33H2,1-3H3,(H,34,39). The van der Waals surface area contributed by atoms with E-state index < -0.39 is 5.92 Å². The largest absolute Gasteiger partial charge is 0.495 e. The molecule has 0 bridgehead atoms. The lowest BCUT2D eigenvalue weighted by atomic mass is 9.68. The summed E-state index contributed by atoms with van der Waals surface area (Å²) in [6.45, 7) is 4.02. The predicted octanol–water partition coefficient (Wildman–Crippen LogP) is 6.53. The first kappa shape index (κ1) is 29.9. The quantitative estimate of drug-likeness (QED) is 0.276. The molecule has 9 nitrogen and oxygen atoms in total. The van der Waals surface area contributed by atoms with Gasteiger partial charge in [-0.05, 0) is 35.6 Å². The number of anilines is 2. The number of nitriles is 1. The Bertz CT molecular complexity index is 1690. The van der Waals surface area contributed by atoms with Crippen molar-refractivity contribution in [3.05, 3.63) is 80.7 Å². The van der Waals surface area contributed by atoms with Crippen LogP contribution >= 0.6 is 46.3 Å². The number of halogens is 2. The number of aromatic nitrogens is 2. The van der Waals surface area contributed by atoms with Crippen LogP contribution in [-0.2, 0) is 9.59 Å². The van der Waals surface area contributed by atoms with Gasteiger partial charge >= 0.3 is 0 Å². The molecule has 1 aliphatic heterocycles. The van der Waals surface area contributed by atoms with Gasteiger partial charge in [-0.15, -0.1) is 10.2 Å². The van der Waals surface area contributed by atoms with Gasteiger partial charge in [0.2, 0.25) is 11.0 Å². The zero-order chi connectivity index (χ0) is 30.2. The number of hydrogen-bond acceptors (Lipinski definition) is 10. The molecule has 5 rings (SSSR count). The Labute approximate surface area is 261 Å². The number of carbonyl (C=O) groups excluding carboxylic acids is 2. The van der Waals surface area contributed by atoms with Crippen LogP contribution in [-0.4, -0.2) is 34.8 Å². The second-order valence-corrected chi connectivity index (χ2v) is 13.5. The topological polar surface area (TPSA) is 134 Å². The summed E-state index contributed by atoms with van der Waals surface area (Å²) in [5.41, 5.74) is 8.70. The van der Waals surface area contributed by atoms with Crippen molar-refractivity contribution in [1.29, 1.82) is 5.26 Å². The van der Waals surface area contributed by atoms with E-state index in [1.54, 1.807) is 41.3 Å². The molecule has 0 radical (unpaired) electrons. The predicted molar refractivity (Wildman–Crippen MR) is 166 cm³/mol. The Morgan fingerprint density at radius 2 is 2.00 bits per heavy atom. The first-order valence-corrected chi connectivity index (χ1v) is 15.4. The van der Waals surface area contributed by atoms with Crippen molar-refractivity contribution in [2.24, 2.45) is 11.1 Å². The lowest BCUT2D eigenvalue weighted by molar-refractivity contribution is -0.118. The molecule has 0 spiro atoms. The van der Waals surface area contributed by atoms with Crippen LogP contribution in [0.15, 0.2) is 69.5 Å². The third kappa shape index (κ3) is 5.72. The average Bonchev–Trinajstić information content (AvgIpc) is 3.41. The van der Waals surface area contributed by atoms with Gasteiger partial charge in [0.05, 0.1) is 46.2 Å². The Morgan fingerprint density at radius 3 is 2.74 bits per heavy atom. The van der Waals surface area contributed by atoms with Crippen LogP contribution in [0.3, 0.4) is 0 Å². The van der Waals surface area contributed by atoms with Crippen LogP contribution < -0.4 is 20.7 Å². The highest BCUT2D eigenvalue weighted by Gasteiger charge is 2.46. The summed E-state index contributed by atoms with van der Waals surface area (Å²) in [5.74, 6) is -0.325. The fourth-order valence-corrected chi connectivity index (χ4v) is 7.29. The number of ether oxygens (including phenoxy) is 1. The van der Waals surface area contributed by atoms with Crippen molar-refractivity contribution in [3.63, 3.8) is 0 Å². The lowest BCUT2D eigenvalue weighted by Gasteiger charge is -2.42. The number of benzene rings is 2. The summed E-state index contributed by atoms with van der Waals surface area (Å²) in [6.07, 6.45) is 0.803. The Kier molecular flexibility index (Phi) is 8.53. The molecule has 2 aliphatic rings. The number of hydrogen-bond donors (Lipinski definition) is 2. The van der Waals surface area contributed by atoms with Gasteiger partial charge in [-0.1, -0.05) is 84.4 Å². The van der Waals surface area contributed by atoms with Gasteiger partial charge in [-0.2, -0.15) is 5.26 Å². The smallest absolute Gasteiger partial charge is 0.234 e. The van der Waals surface area contributed by atoms with E-state index in [1.807, 2.05) is 19.9 Å². The van der Waals surface area contributed by atoms with Crippen LogP contribution in [0.1, 0.15) is 38.2 Å². The van der Waals surface area contributed by atoms with Gasteiger partial charge in [0.25, 0.3) is 0 Å². The summed E-state index contributed by atoms with van der Waals surface area (Å²) in [5, 5.41) is 22.7. The Balaban J connectivity index is 1.48. The van der Waals surface area contributed by atoms with E-state index in [2.05, 4.69) is 21.6 Å². The third-order valence-electron chi connectivity index (χ3n) is 6.97. The first-order valence-electron chi connectivity index (χ1n) is 12.8. The summed E-state index contributed by atoms with van der Waals surface area (Å²) in [6, 6.07) is 14.5. The SMILES string of the molecule is COc1ccccc1NC(=O)CSc1nnc(N2C(N)=C(C#N)C(c3cccc(Cl)c3Cl)C3=C2CC(C)(C)CC3=O)s1. The minimum absolute atomic E-state index is 0.0796. The van der Waals surface area contributed by atoms with Crippen LogP contribution in [0.25, 0.3) is 0 Å². The van der Waals surface area contributed by atoms with Crippen molar-refractivity contribution in [2.45, 2.75) is 36.9 Å². The van der Waals surface area contributed by atoms with Gasteiger partial charge in [0.15, 0.2) is 10.1 Å². The number of Topliss-reactive ketones (excluding diaryl/α,β-unsaturated/α-hetero) is 1. The number of nitrogens with zero attached hydrogens (tertiary/aromatic N) is 4. The van der Waals surface area contributed by atoms with Crippen LogP contribution in [0.4, 0.5) is 10.8 Å². The third-order valence-corrected chi connectivity index (χ3v) is 9.84. The number of carbonyl (C=O) groups is 2. The van der Waals surface area contributed by atoms with Crippen molar-refractivity contribution in [3.8, 4) is 11.8 Å². The number of thioether (sulfide) groups is 1. The second-order valence-electron chi connectivity index (χ2n) is 10.5. The molecule has 3 N–H and O–H groups in total. The molecule has 1 unspecified atom stereocenters. The van der Waals surface area contributed by atoms with Crippen molar-refractivity contribution < 1.29 is 14.3 Å². The van der Waals surface area contributed by atoms with E-state index in [9.17, 15) is 14.9 Å². The highest BCUT2D eigenvalue weighted by molar-refractivity contribution is 8.01. The van der Waals surface area contributed by atoms with Crippen molar-refractivity contribution in [1.82, 2.24) is 10.2 Å². The number of allylic oxidation sites excluding steroid dienone is 3. The summed E-state index contributed by atoms with van der Waals surface area (Å²) in [7, 11) is 1.54. The monoisotopic (exact) mass is 640 g/mol. The summed E-state index contributed by atoms with van der Waals surface area (Å²) in [4.78, 5) is 28.0. The number of para-hydroxylation sites is 2. The van der Waals surface area contributed by atoms with Crippen molar-refractivity contribution >= 4 is 68.8 Å². The molecule has 2 heterocycles. The van der Waals surface area contributed by atoms with Crippen LogP contribution in [0.5, 0.6) is 5.75 Å². The van der Waals surface area contributed by atoms with Crippen LogP contribution in [0.2, 0.25) is 10.0 Å². The molecule has 1 amide bonds. The number of amides is 1. The van der Waals surface area contributed by atoms with Gasteiger partial charge in [0, 0.05) is 17.7 Å². The number of nitrogens with one attached hydrogen (secondary N) is 1. The Morgan fingerprint density at radius 1 is 1.24 bits per heavy atom. The summed E-state index contributed by atoms with van der Waals surface area (Å²) >= 11 is 15.4. The van der Waals surface area contributed by atoms with Gasteiger partial charge < -0.3 is 15.8 Å². The van der Waals surface area contributed by atoms with Gasteiger partial charge in [0.1, 0.15) is 11.6 Å². The molecular weight excluding hydrogens is 615 g/mol. The number of methoxy groups -OCH3 is 1. The highest BCUT2D eigenvalue weighted by Crippen LogP contribution is 2.52.